The van der Waals surface area contributed by atoms with E-state index in [4.69, 9.17) is 4.74 Å². The third-order valence-electron chi connectivity index (χ3n) is 4.23. The zero-order valence-corrected chi connectivity index (χ0v) is 16.5. The zero-order valence-electron chi connectivity index (χ0n) is 16.5. The Hall–Kier alpha value is -3.93. The van der Waals surface area contributed by atoms with Crippen molar-refractivity contribution in [2.75, 3.05) is 6.54 Å². The second kappa shape index (κ2) is 11.2. The molecule has 0 aliphatic carbocycles. The lowest BCUT2D eigenvalue weighted by Gasteiger charge is -2.07. The Morgan fingerprint density at radius 2 is 1.53 bits per heavy atom. The van der Waals surface area contributed by atoms with E-state index in [1.807, 2.05) is 78.9 Å². The highest BCUT2D eigenvalue weighted by Crippen LogP contribution is 2.14. The Morgan fingerprint density at radius 1 is 0.833 bits per heavy atom. The average Bonchev–Trinajstić information content (AvgIpc) is 2.79. The van der Waals surface area contributed by atoms with Gasteiger partial charge in [-0.25, -0.2) is 5.43 Å². The first kappa shape index (κ1) is 20.8. The number of rotatable bonds is 8. The minimum Gasteiger partial charge on any atom is -0.489 e. The molecule has 0 bridgehead atoms. The van der Waals surface area contributed by atoms with Crippen molar-refractivity contribution >= 4 is 18.0 Å². The quantitative estimate of drug-likeness (QED) is 0.346. The maximum Gasteiger partial charge on any atom is 0.329 e. The standard InChI is InChI=1S/C24H23N3O3/c28-23(25-15-14-19-8-3-1-4-9-19)24(29)27-26-17-21-12-7-13-22(16-21)30-18-20-10-5-2-6-11-20/h1-13,16-17H,14-15,18H2,(H,25,28)(H,27,29)/b26-17-. The molecule has 0 radical (unpaired) electrons. The van der Waals surface area contributed by atoms with Crippen molar-refractivity contribution in [3.8, 4) is 5.75 Å². The Bertz CT molecular complexity index is 989. The van der Waals surface area contributed by atoms with E-state index < -0.39 is 11.8 Å². The molecule has 3 rings (SSSR count). The monoisotopic (exact) mass is 401 g/mol. The molecule has 0 aliphatic heterocycles. The second-order valence-corrected chi connectivity index (χ2v) is 6.54. The summed E-state index contributed by atoms with van der Waals surface area (Å²) in [6.07, 6.45) is 2.11. The number of benzene rings is 3. The van der Waals surface area contributed by atoms with Crippen LogP contribution in [0, 0.1) is 0 Å². The fourth-order valence-corrected chi connectivity index (χ4v) is 2.69. The van der Waals surface area contributed by atoms with E-state index in [-0.39, 0.29) is 0 Å². The molecule has 0 saturated heterocycles. The first-order chi connectivity index (χ1) is 14.7. The van der Waals surface area contributed by atoms with Crippen LogP contribution in [-0.2, 0) is 22.6 Å². The van der Waals surface area contributed by atoms with Gasteiger partial charge in [-0.05, 0) is 35.2 Å². The van der Waals surface area contributed by atoms with Crippen molar-refractivity contribution in [2.24, 2.45) is 5.10 Å². The van der Waals surface area contributed by atoms with Crippen molar-refractivity contribution < 1.29 is 14.3 Å². The number of hydrogen-bond donors (Lipinski definition) is 2. The van der Waals surface area contributed by atoms with Crippen LogP contribution >= 0.6 is 0 Å². The van der Waals surface area contributed by atoms with Gasteiger partial charge in [0.25, 0.3) is 0 Å². The molecule has 30 heavy (non-hydrogen) atoms. The van der Waals surface area contributed by atoms with E-state index in [2.05, 4.69) is 15.8 Å². The molecule has 3 aromatic rings. The fraction of sp³-hybridized carbons (Fsp3) is 0.125. The molecule has 0 fully saturated rings. The average molecular weight is 401 g/mol. The summed E-state index contributed by atoms with van der Waals surface area (Å²) in [6, 6.07) is 26.9. The smallest absolute Gasteiger partial charge is 0.329 e. The van der Waals surface area contributed by atoms with Crippen LogP contribution in [0.15, 0.2) is 90.0 Å². The summed E-state index contributed by atoms with van der Waals surface area (Å²) in [7, 11) is 0. The molecule has 0 aromatic heterocycles. The lowest BCUT2D eigenvalue weighted by molar-refractivity contribution is -0.139. The van der Waals surface area contributed by atoms with Crippen LogP contribution in [0.25, 0.3) is 0 Å². The van der Waals surface area contributed by atoms with Gasteiger partial charge in [0.15, 0.2) is 0 Å². The lowest BCUT2D eigenvalue weighted by atomic mass is 10.1. The molecule has 6 nitrogen and oxygen atoms in total. The molecule has 0 saturated carbocycles. The van der Waals surface area contributed by atoms with Gasteiger partial charge in [-0.15, -0.1) is 0 Å². The van der Waals surface area contributed by atoms with E-state index in [1.54, 1.807) is 6.07 Å². The van der Waals surface area contributed by atoms with Crippen molar-refractivity contribution in [1.29, 1.82) is 0 Å². The minimum atomic E-state index is -0.809. The number of nitrogens with one attached hydrogen (secondary N) is 2. The number of ether oxygens (including phenoxy) is 1. The van der Waals surface area contributed by atoms with Gasteiger partial charge in [-0.1, -0.05) is 72.8 Å². The molecule has 6 heteroatoms. The Balaban J connectivity index is 1.42. The maximum absolute atomic E-state index is 11.8. The van der Waals surface area contributed by atoms with Crippen molar-refractivity contribution in [1.82, 2.24) is 10.7 Å². The molecule has 3 aromatic carbocycles. The van der Waals surface area contributed by atoms with Crippen LogP contribution < -0.4 is 15.5 Å². The van der Waals surface area contributed by atoms with E-state index in [0.29, 0.717) is 25.3 Å². The molecule has 0 heterocycles. The third-order valence-corrected chi connectivity index (χ3v) is 4.23. The van der Waals surface area contributed by atoms with E-state index >= 15 is 0 Å². The van der Waals surface area contributed by atoms with Gasteiger partial charge in [-0.3, -0.25) is 9.59 Å². The highest BCUT2D eigenvalue weighted by atomic mass is 16.5. The topological polar surface area (TPSA) is 79.8 Å². The third kappa shape index (κ3) is 6.91. The summed E-state index contributed by atoms with van der Waals surface area (Å²) in [5, 5.41) is 6.42. The van der Waals surface area contributed by atoms with Crippen LogP contribution in [0.1, 0.15) is 16.7 Å². The van der Waals surface area contributed by atoms with Crippen LogP contribution in [0.5, 0.6) is 5.75 Å². The first-order valence-electron chi connectivity index (χ1n) is 9.62. The number of hydrogen-bond acceptors (Lipinski definition) is 4. The largest absolute Gasteiger partial charge is 0.489 e. The highest BCUT2D eigenvalue weighted by Gasteiger charge is 2.11. The second-order valence-electron chi connectivity index (χ2n) is 6.54. The Morgan fingerprint density at radius 3 is 2.27 bits per heavy atom. The summed E-state index contributed by atoms with van der Waals surface area (Å²) >= 11 is 0. The van der Waals surface area contributed by atoms with Crippen LogP contribution in [-0.4, -0.2) is 24.6 Å². The highest BCUT2D eigenvalue weighted by molar-refractivity contribution is 6.35. The minimum absolute atomic E-state index is 0.376. The molecule has 2 N–H and O–H groups in total. The van der Waals surface area contributed by atoms with Gasteiger partial charge < -0.3 is 10.1 Å². The first-order valence-corrected chi connectivity index (χ1v) is 9.62. The van der Waals surface area contributed by atoms with Gasteiger partial charge in [-0.2, -0.15) is 5.10 Å². The number of amides is 2. The molecule has 0 aliphatic rings. The van der Waals surface area contributed by atoms with Gasteiger partial charge in [0, 0.05) is 6.54 Å². The predicted octanol–water partition coefficient (Wildman–Crippen LogP) is 3.07. The summed E-state index contributed by atoms with van der Waals surface area (Å²) in [5.41, 5.74) is 5.14. The lowest BCUT2D eigenvalue weighted by Crippen LogP contribution is -2.38. The Labute approximate surface area is 175 Å². The van der Waals surface area contributed by atoms with Crippen molar-refractivity contribution in [3.63, 3.8) is 0 Å². The summed E-state index contributed by atoms with van der Waals surface area (Å²) in [5.74, 6) is -0.841. The molecule has 0 atom stereocenters. The molecule has 0 unspecified atom stereocenters. The SMILES string of the molecule is O=C(NCCc1ccccc1)C(=O)N/N=C\c1cccc(OCc2ccccc2)c1. The van der Waals surface area contributed by atoms with Crippen LogP contribution in [0.2, 0.25) is 0 Å². The normalized spacial score (nSPS) is 10.5. The summed E-state index contributed by atoms with van der Waals surface area (Å²) < 4.78 is 5.77. The van der Waals surface area contributed by atoms with E-state index in [0.717, 1.165) is 16.7 Å². The molecule has 152 valence electrons. The number of carbonyl (C=O) groups excluding carboxylic acids is 2. The maximum atomic E-state index is 11.8. The molecular formula is C24H23N3O3. The fourth-order valence-electron chi connectivity index (χ4n) is 2.69. The van der Waals surface area contributed by atoms with Gasteiger partial charge in [0.1, 0.15) is 12.4 Å². The number of carbonyl (C=O) groups is 2. The zero-order chi connectivity index (χ0) is 21.0. The summed E-state index contributed by atoms with van der Waals surface area (Å²) in [4.78, 5) is 23.7. The van der Waals surface area contributed by atoms with Crippen molar-refractivity contribution in [2.45, 2.75) is 13.0 Å². The van der Waals surface area contributed by atoms with Gasteiger partial charge in [0.2, 0.25) is 0 Å². The van der Waals surface area contributed by atoms with Gasteiger partial charge >= 0.3 is 11.8 Å². The molecule has 0 spiro atoms. The summed E-state index contributed by atoms with van der Waals surface area (Å²) in [6.45, 7) is 0.835. The van der Waals surface area contributed by atoms with Crippen LogP contribution in [0.3, 0.4) is 0 Å². The van der Waals surface area contributed by atoms with E-state index in [1.165, 1.54) is 6.21 Å². The van der Waals surface area contributed by atoms with Crippen LogP contribution in [0.4, 0.5) is 0 Å². The molecule has 2 amide bonds. The Kier molecular flexibility index (Phi) is 7.74. The predicted molar refractivity (Wildman–Crippen MR) is 116 cm³/mol. The van der Waals surface area contributed by atoms with E-state index in [9.17, 15) is 9.59 Å². The number of nitrogens with zero attached hydrogens (tertiary/aromatic N) is 1. The number of hydrazone groups is 1. The van der Waals surface area contributed by atoms with Gasteiger partial charge in [0.05, 0.1) is 6.21 Å². The van der Waals surface area contributed by atoms with Crippen molar-refractivity contribution in [3.05, 3.63) is 102 Å². The molecular weight excluding hydrogens is 378 g/mol.